The lowest BCUT2D eigenvalue weighted by molar-refractivity contribution is 0.619. The van der Waals surface area contributed by atoms with Crippen LogP contribution < -0.4 is 11.1 Å². The molecule has 0 heterocycles. The van der Waals surface area contributed by atoms with Gasteiger partial charge in [0.15, 0.2) is 0 Å². The minimum Gasteiger partial charge on any atom is -0.397 e. The molecule has 0 bridgehead atoms. The van der Waals surface area contributed by atoms with Crippen molar-refractivity contribution in [2.24, 2.45) is 0 Å². The Morgan fingerprint density at radius 3 is 2.86 bits per heavy atom. The van der Waals surface area contributed by atoms with Crippen LogP contribution in [-0.4, -0.2) is 18.6 Å². The topological polar surface area (TPSA) is 38.0 Å². The van der Waals surface area contributed by atoms with Crippen LogP contribution >= 0.6 is 11.8 Å². The van der Waals surface area contributed by atoms with E-state index < -0.39 is 0 Å². The van der Waals surface area contributed by atoms with Crippen LogP contribution in [0.3, 0.4) is 0 Å². The van der Waals surface area contributed by atoms with Gasteiger partial charge in [0, 0.05) is 12.3 Å². The van der Waals surface area contributed by atoms with Gasteiger partial charge in [-0.3, -0.25) is 0 Å². The van der Waals surface area contributed by atoms with Crippen molar-refractivity contribution in [3.05, 3.63) is 23.5 Å². The number of anilines is 2. The first-order valence-corrected chi connectivity index (χ1v) is 5.83. The molecule has 2 nitrogen and oxygen atoms in total. The van der Waals surface area contributed by atoms with Crippen LogP contribution in [0, 0.1) is 12.7 Å². The van der Waals surface area contributed by atoms with E-state index in [-0.39, 0.29) is 5.82 Å². The maximum absolute atomic E-state index is 13.0. The summed E-state index contributed by atoms with van der Waals surface area (Å²) in [6.07, 6.45) is 2.04. The van der Waals surface area contributed by atoms with Gasteiger partial charge in [-0.05, 0) is 30.9 Å². The molecule has 0 aliphatic rings. The Balaban J connectivity index is 2.72. The summed E-state index contributed by atoms with van der Waals surface area (Å²) >= 11 is 1.76. The maximum Gasteiger partial charge on any atom is 0.128 e. The molecule has 0 aliphatic carbocycles. The normalized spacial score (nSPS) is 10.2. The number of hydrogen-bond donors (Lipinski definition) is 2. The highest BCUT2D eigenvalue weighted by Gasteiger charge is 2.03. The van der Waals surface area contributed by atoms with Gasteiger partial charge in [-0.1, -0.05) is 0 Å². The number of aryl methyl sites for hydroxylation is 1. The Bertz CT molecular complexity index is 315. The minimum absolute atomic E-state index is 0.252. The molecule has 1 rings (SSSR count). The molecule has 1 aromatic rings. The molecule has 0 atom stereocenters. The zero-order valence-electron chi connectivity index (χ0n) is 8.43. The third-order valence-corrected chi connectivity index (χ3v) is 2.56. The SMILES string of the molecule is CSCCNc1cc(C)c(F)cc1N. The maximum atomic E-state index is 13.0. The van der Waals surface area contributed by atoms with Crippen LogP contribution in [0.1, 0.15) is 5.56 Å². The highest BCUT2D eigenvalue weighted by Crippen LogP contribution is 2.22. The second-order valence-electron chi connectivity index (χ2n) is 3.11. The summed E-state index contributed by atoms with van der Waals surface area (Å²) in [5, 5.41) is 3.17. The molecule has 14 heavy (non-hydrogen) atoms. The van der Waals surface area contributed by atoms with E-state index in [1.54, 1.807) is 24.8 Å². The summed E-state index contributed by atoms with van der Waals surface area (Å²) in [5.41, 5.74) is 7.56. The number of thioether (sulfide) groups is 1. The molecule has 3 N–H and O–H groups in total. The number of nitrogens with one attached hydrogen (secondary N) is 1. The van der Waals surface area contributed by atoms with Gasteiger partial charge in [0.2, 0.25) is 0 Å². The minimum atomic E-state index is -0.252. The lowest BCUT2D eigenvalue weighted by atomic mass is 10.2. The second kappa shape index (κ2) is 5.10. The second-order valence-corrected chi connectivity index (χ2v) is 4.09. The fraction of sp³-hybridized carbons (Fsp3) is 0.400. The number of rotatable bonds is 4. The van der Waals surface area contributed by atoms with Crippen LogP contribution in [0.25, 0.3) is 0 Å². The van der Waals surface area contributed by atoms with Crippen LogP contribution in [-0.2, 0) is 0 Å². The van der Waals surface area contributed by atoms with Crippen LogP contribution in [0.15, 0.2) is 12.1 Å². The predicted molar refractivity (Wildman–Crippen MR) is 62.4 cm³/mol. The van der Waals surface area contributed by atoms with E-state index in [1.165, 1.54) is 6.07 Å². The van der Waals surface area contributed by atoms with Crippen LogP contribution in [0.5, 0.6) is 0 Å². The van der Waals surface area contributed by atoms with Crippen molar-refractivity contribution in [3.8, 4) is 0 Å². The summed E-state index contributed by atoms with van der Waals surface area (Å²) in [5.74, 6) is 0.758. The molecule has 0 saturated carbocycles. The van der Waals surface area contributed by atoms with E-state index >= 15 is 0 Å². The quantitative estimate of drug-likeness (QED) is 0.597. The Morgan fingerprint density at radius 2 is 2.21 bits per heavy atom. The summed E-state index contributed by atoms with van der Waals surface area (Å²) < 4.78 is 13.0. The Kier molecular flexibility index (Phi) is 4.07. The van der Waals surface area contributed by atoms with Gasteiger partial charge < -0.3 is 11.1 Å². The fourth-order valence-corrected chi connectivity index (χ4v) is 1.44. The Labute approximate surface area is 88.1 Å². The average molecular weight is 214 g/mol. The number of hydrogen-bond acceptors (Lipinski definition) is 3. The summed E-state index contributed by atoms with van der Waals surface area (Å²) in [6.45, 7) is 2.57. The zero-order valence-corrected chi connectivity index (χ0v) is 9.25. The summed E-state index contributed by atoms with van der Waals surface area (Å²) in [4.78, 5) is 0. The molecule has 0 unspecified atom stereocenters. The van der Waals surface area contributed by atoms with E-state index in [9.17, 15) is 4.39 Å². The van der Waals surface area contributed by atoms with Crippen molar-refractivity contribution in [2.75, 3.05) is 29.6 Å². The number of benzene rings is 1. The fourth-order valence-electron chi connectivity index (χ4n) is 1.14. The largest absolute Gasteiger partial charge is 0.397 e. The van der Waals surface area contributed by atoms with Gasteiger partial charge >= 0.3 is 0 Å². The number of nitrogens with two attached hydrogens (primary N) is 1. The van der Waals surface area contributed by atoms with Crippen molar-refractivity contribution in [3.63, 3.8) is 0 Å². The molecule has 0 aromatic heterocycles. The van der Waals surface area contributed by atoms with E-state index in [0.717, 1.165) is 18.0 Å². The molecule has 0 fully saturated rings. The molecular formula is C10H15FN2S. The summed E-state index contributed by atoms with van der Waals surface area (Å²) in [7, 11) is 0. The van der Waals surface area contributed by atoms with E-state index in [2.05, 4.69) is 5.32 Å². The predicted octanol–water partition coefficient (Wildman–Crippen LogP) is 2.49. The average Bonchev–Trinajstić information content (AvgIpc) is 2.14. The molecule has 0 saturated heterocycles. The van der Waals surface area contributed by atoms with E-state index in [4.69, 9.17) is 5.73 Å². The highest BCUT2D eigenvalue weighted by atomic mass is 32.2. The van der Waals surface area contributed by atoms with Gasteiger partial charge in [-0.2, -0.15) is 11.8 Å². The molecule has 0 aliphatic heterocycles. The van der Waals surface area contributed by atoms with Crippen molar-refractivity contribution < 1.29 is 4.39 Å². The van der Waals surface area contributed by atoms with Crippen molar-refractivity contribution in [1.29, 1.82) is 0 Å². The van der Waals surface area contributed by atoms with Crippen molar-refractivity contribution in [1.82, 2.24) is 0 Å². The molecule has 0 radical (unpaired) electrons. The molecule has 1 aromatic carbocycles. The number of nitrogen functional groups attached to an aromatic ring is 1. The monoisotopic (exact) mass is 214 g/mol. The lowest BCUT2D eigenvalue weighted by Crippen LogP contribution is -2.06. The molecular weight excluding hydrogens is 199 g/mol. The lowest BCUT2D eigenvalue weighted by Gasteiger charge is -2.10. The van der Waals surface area contributed by atoms with E-state index in [0.29, 0.717) is 11.3 Å². The van der Waals surface area contributed by atoms with Crippen LogP contribution in [0.4, 0.5) is 15.8 Å². The van der Waals surface area contributed by atoms with Gasteiger partial charge in [-0.15, -0.1) is 0 Å². The first-order valence-electron chi connectivity index (χ1n) is 4.43. The first kappa shape index (κ1) is 11.2. The molecule has 4 heteroatoms. The Morgan fingerprint density at radius 1 is 1.50 bits per heavy atom. The summed E-state index contributed by atoms with van der Waals surface area (Å²) in [6, 6.07) is 3.10. The molecule has 0 amide bonds. The molecule has 78 valence electrons. The third kappa shape index (κ3) is 2.80. The number of halogens is 1. The standard InChI is InChI=1S/C10H15FN2S/c1-7-5-10(13-3-4-14-2)9(12)6-8(7)11/h5-6,13H,3-4,12H2,1-2H3. The van der Waals surface area contributed by atoms with Gasteiger partial charge in [0.25, 0.3) is 0 Å². The Hall–Kier alpha value is -0.900. The smallest absolute Gasteiger partial charge is 0.128 e. The zero-order chi connectivity index (χ0) is 10.6. The first-order chi connectivity index (χ1) is 6.65. The van der Waals surface area contributed by atoms with Gasteiger partial charge in [-0.25, -0.2) is 4.39 Å². The molecule has 0 spiro atoms. The third-order valence-electron chi connectivity index (χ3n) is 1.95. The van der Waals surface area contributed by atoms with E-state index in [1.807, 2.05) is 6.26 Å². The van der Waals surface area contributed by atoms with Gasteiger partial charge in [0.05, 0.1) is 11.4 Å². The van der Waals surface area contributed by atoms with Crippen molar-refractivity contribution >= 4 is 23.1 Å². The highest BCUT2D eigenvalue weighted by molar-refractivity contribution is 7.98. The van der Waals surface area contributed by atoms with Crippen molar-refractivity contribution in [2.45, 2.75) is 6.92 Å². The van der Waals surface area contributed by atoms with Crippen LogP contribution in [0.2, 0.25) is 0 Å². The van der Waals surface area contributed by atoms with Gasteiger partial charge in [0.1, 0.15) is 5.82 Å².